The van der Waals surface area contributed by atoms with E-state index in [0.29, 0.717) is 10.8 Å². The summed E-state index contributed by atoms with van der Waals surface area (Å²) in [5.41, 5.74) is 7.22. The van der Waals surface area contributed by atoms with E-state index in [1.165, 1.54) is 23.1 Å². The van der Waals surface area contributed by atoms with Crippen molar-refractivity contribution < 1.29 is 9.21 Å². The minimum absolute atomic E-state index is 0.188. The number of nitrogens with zero attached hydrogens (tertiary/aromatic N) is 4. The summed E-state index contributed by atoms with van der Waals surface area (Å²) in [5, 5.41) is 8.03. The summed E-state index contributed by atoms with van der Waals surface area (Å²) >= 11 is 1.53. The van der Waals surface area contributed by atoms with Crippen LogP contribution in [-0.4, -0.2) is 25.3 Å². The summed E-state index contributed by atoms with van der Waals surface area (Å²) < 4.78 is 8.05. The van der Waals surface area contributed by atoms with Gasteiger partial charge in [0.1, 0.15) is 11.3 Å². The molecular formula is C23H19N5O3S. The number of nitrogens with one attached hydrogen (secondary N) is 1. The van der Waals surface area contributed by atoms with Crippen molar-refractivity contribution in [2.45, 2.75) is 13.8 Å². The summed E-state index contributed by atoms with van der Waals surface area (Å²) in [7, 11) is 1.54. The molecule has 0 spiro atoms. The molecule has 1 aromatic carbocycles. The zero-order chi connectivity index (χ0) is 22.4. The van der Waals surface area contributed by atoms with Crippen LogP contribution < -0.4 is 11.0 Å². The standard InChI is InChI=1S/C23H19N5O3S/c1-13-10-18(19-12-32-22(24-19)15-8-9-31-11-15)14(2)28(13)26-21(29)20-16-6-4-5-7-17(16)23(30)27(3)25-20/h4-12H,1-3H3,(H,26,29). The van der Waals surface area contributed by atoms with Crippen molar-refractivity contribution in [2.24, 2.45) is 7.05 Å². The third-order valence-corrected chi connectivity index (χ3v) is 6.26. The van der Waals surface area contributed by atoms with Crippen LogP contribution in [0, 0.1) is 13.8 Å². The van der Waals surface area contributed by atoms with Gasteiger partial charge in [0.15, 0.2) is 5.69 Å². The van der Waals surface area contributed by atoms with Crippen LogP contribution in [0.5, 0.6) is 0 Å². The first-order valence-corrected chi connectivity index (χ1v) is 10.8. The minimum Gasteiger partial charge on any atom is -0.472 e. The van der Waals surface area contributed by atoms with E-state index in [9.17, 15) is 9.59 Å². The maximum atomic E-state index is 13.2. The molecule has 0 fully saturated rings. The second kappa shape index (κ2) is 7.61. The molecular weight excluding hydrogens is 426 g/mol. The molecule has 5 rings (SSSR count). The predicted octanol–water partition coefficient (Wildman–Crippen LogP) is 4.12. The Kier molecular flexibility index (Phi) is 4.75. The van der Waals surface area contributed by atoms with Crippen molar-refractivity contribution in [3.8, 4) is 21.8 Å². The maximum Gasteiger partial charge on any atom is 0.291 e. The van der Waals surface area contributed by atoms with Crippen LogP contribution in [-0.2, 0) is 7.05 Å². The minimum atomic E-state index is -0.400. The summed E-state index contributed by atoms with van der Waals surface area (Å²) in [5.74, 6) is -0.400. The van der Waals surface area contributed by atoms with E-state index in [4.69, 9.17) is 9.40 Å². The van der Waals surface area contributed by atoms with Gasteiger partial charge in [-0.25, -0.2) is 9.67 Å². The molecule has 0 atom stereocenters. The number of benzene rings is 1. The van der Waals surface area contributed by atoms with E-state index in [1.807, 2.05) is 31.4 Å². The van der Waals surface area contributed by atoms with Gasteiger partial charge >= 0.3 is 0 Å². The van der Waals surface area contributed by atoms with E-state index in [1.54, 1.807) is 41.5 Å². The zero-order valence-electron chi connectivity index (χ0n) is 17.6. The van der Waals surface area contributed by atoms with Crippen LogP contribution in [0.25, 0.3) is 32.6 Å². The summed E-state index contributed by atoms with van der Waals surface area (Å²) in [6, 6.07) is 10.8. The lowest BCUT2D eigenvalue weighted by Crippen LogP contribution is -2.29. The molecule has 0 saturated carbocycles. The number of fused-ring (bicyclic) bond motifs is 1. The smallest absolute Gasteiger partial charge is 0.291 e. The molecule has 0 aliphatic rings. The molecule has 0 saturated heterocycles. The Labute approximate surface area is 186 Å². The Hall–Kier alpha value is -3.98. The Morgan fingerprint density at radius 3 is 2.69 bits per heavy atom. The van der Waals surface area contributed by atoms with Crippen LogP contribution in [0.2, 0.25) is 0 Å². The number of carbonyl (C=O) groups is 1. The number of furan rings is 1. The van der Waals surface area contributed by atoms with Crippen LogP contribution in [0.4, 0.5) is 0 Å². The normalized spacial score (nSPS) is 11.2. The van der Waals surface area contributed by atoms with Gasteiger partial charge in [0.25, 0.3) is 11.5 Å². The number of hydrogen-bond acceptors (Lipinski definition) is 6. The number of hydrogen-bond donors (Lipinski definition) is 1. The fourth-order valence-corrected chi connectivity index (χ4v) is 4.54. The molecule has 8 nitrogen and oxygen atoms in total. The van der Waals surface area contributed by atoms with Crippen molar-refractivity contribution in [2.75, 3.05) is 5.43 Å². The quantitative estimate of drug-likeness (QED) is 0.449. The van der Waals surface area contributed by atoms with Crippen LogP contribution in [0.15, 0.2) is 63.5 Å². The molecule has 32 heavy (non-hydrogen) atoms. The molecule has 0 bridgehead atoms. The van der Waals surface area contributed by atoms with E-state index in [0.717, 1.165) is 33.2 Å². The Morgan fingerprint density at radius 1 is 1.16 bits per heavy atom. The molecule has 1 amide bonds. The molecule has 0 aliphatic carbocycles. The van der Waals surface area contributed by atoms with Crippen molar-refractivity contribution in [1.82, 2.24) is 19.4 Å². The first-order valence-electron chi connectivity index (χ1n) is 9.89. The number of aromatic nitrogens is 4. The van der Waals surface area contributed by atoms with Crippen LogP contribution >= 0.6 is 11.3 Å². The highest BCUT2D eigenvalue weighted by Gasteiger charge is 2.20. The monoisotopic (exact) mass is 445 g/mol. The third-order valence-electron chi connectivity index (χ3n) is 5.36. The number of carbonyl (C=O) groups excluding carboxylic acids is 1. The van der Waals surface area contributed by atoms with E-state index < -0.39 is 5.91 Å². The average molecular weight is 446 g/mol. The van der Waals surface area contributed by atoms with Gasteiger partial charge in [0, 0.05) is 40.3 Å². The van der Waals surface area contributed by atoms with Gasteiger partial charge in [0.2, 0.25) is 0 Å². The van der Waals surface area contributed by atoms with E-state index in [-0.39, 0.29) is 11.3 Å². The molecule has 4 aromatic heterocycles. The first kappa shape index (κ1) is 20.0. The second-order valence-electron chi connectivity index (χ2n) is 7.43. The third kappa shape index (κ3) is 3.23. The lowest BCUT2D eigenvalue weighted by atomic mass is 10.1. The first-order chi connectivity index (χ1) is 15.4. The maximum absolute atomic E-state index is 13.2. The summed E-state index contributed by atoms with van der Waals surface area (Å²) in [4.78, 5) is 30.3. The van der Waals surface area contributed by atoms with E-state index in [2.05, 4.69) is 10.5 Å². The summed E-state index contributed by atoms with van der Waals surface area (Å²) in [6.45, 7) is 3.83. The summed E-state index contributed by atoms with van der Waals surface area (Å²) in [6.07, 6.45) is 3.28. The topological polar surface area (TPSA) is 94.9 Å². The van der Waals surface area contributed by atoms with Gasteiger partial charge in [-0.3, -0.25) is 19.7 Å². The largest absolute Gasteiger partial charge is 0.472 e. The van der Waals surface area contributed by atoms with Crippen molar-refractivity contribution in [3.63, 3.8) is 0 Å². The Balaban J connectivity index is 1.51. The highest BCUT2D eigenvalue weighted by Crippen LogP contribution is 2.32. The lowest BCUT2D eigenvalue weighted by Gasteiger charge is -2.13. The van der Waals surface area contributed by atoms with Gasteiger partial charge in [-0.05, 0) is 32.0 Å². The SMILES string of the molecule is Cc1cc(-c2csc(-c3ccoc3)n2)c(C)n1NC(=O)c1nn(C)c(=O)c2ccccc12. The van der Waals surface area contributed by atoms with Crippen molar-refractivity contribution in [3.05, 3.63) is 81.7 Å². The van der Waals surface area contributed by atoms with Crippen molar-refractivity contribution >= 4 is 28.0 Å². The molecule has 0 unspecified atom stereocenters. The Bertz CT molecular complexity index is 1530. The van der Waals surface area contributed by atoms with Crippen LogP contribution in [0.3, 0.4) is 0 Å². The predicted molar refractivity (Wildman–Crippen MR) is 123 cm³/mol. The number of aryl methyl sites for hydroxylation is 2. The lowest BCUT2D eigenvalue weighted by molar-refractivity contribution is 0.100. The molecule has 0 radical (unpaired) electrons. The molecule has 0 aliphatic heterocycles. The van der Waals surface area contributed by atoms with Crippen molar-refractivity contribution in [1.29, 1.82) is 0 Å². The number of amides is 1. The molecule has 9 heteroatoms. The van der Waals surface area contributed by atoms with Gasteiger partial charge in [0.05, 0.1) is 17.3 Å². The number of thiazole rings is 1. The fourth-order valence-electron chi connectivity index (χ4n) is 3.73. The molecule has 5 aromatic rings. The van der Waals surface area contributed by atoms with Crippen LogP contribution in [0.1, 0.15) is 21.9 Å². The van der Waals surface area contributed by atoms with Gasteiger partial charge < -0.3 is 4.42 Å². The molecule has 4 heterocycles. The van der Waals surface area contributed by atoms with Gasteiger partial charge in [-0.2, -0.15) is 5.10 Å². The molecule has 1 N–H and O–H groups in total. The average Bonchev–Trinajstić information content (AvgIpc) is 3.53. The van der Waals surface area contributed by atoms with Gasteiger partial charge in [-0.15, -0.1) is 11.3 Å². The number of rotatable bonds is 4. The molecule has 160 valence electrons. The zero-order valence-corrected chi connectivity index (χ0v) is 18.4. The second-order valence-corrected chi connectivity index (χ2v) is 8.29. The highest BCUT2D eigenvalue weighted by atomic mass is 32.1. The Morgan fingerprint density at radius 2 is 1.94 bits per heavy atom. The van der Waals surface area contributed by atoms with Gasteiger partial charge in [-0.1, -0.05) is 18.2 Å². The highest BCUT2D eigenvalue weighted by molar-refractivity contribution is 7.13. The fraction of sp³-hybridized carbons (Fsp3) is 0.130. The van der Waals surface area contributed by atoms with E-state index >= 15 is 0 Å².